The molecule has 0 radical (unpaired) electrons. The van der Waals surface area contributed by atoms with Crippen LogP contribution in [0.5, 0.6) is 0 Å². The monoisotopic (exact) mass is 378 g/mol. The smallest absolute Gasteiger partial charge is 0.342 e. The molecule has 1 atom stereocenters. The number of hydrogen-bond donors (Lipinski definition) is 3. The van der Waals surface area contributed by atoms with E-state index >= 15 is 0 Å². The molecule has 0 bridgehead atoms. The van der Waals surface area contributed by atoms with Gasteiger partial charge in [0.2, 0.25) is 5.91 Å². The zero-order valence-electron chi connectivity index (χ0n) is 14.2. The maximum absolute atomic E-state index is 12.5. The number of rotatable bonds is 7. The highest BCUT2D eigenvalue weighted by Crippen LogP contribution is 2.22. The molecule has 0 saturated heterocycles. The Morgan fingerprint density at radius 2 is 2.08 bits per heavy atom. The van der Waals surface area contributed by atoms with E-state index in [1.165, 1.54) is 6.07 Å². The van der Waals surface area contributed by atoms with Gasteiger partial charge in [-0.15, -0.1) is 0 Å². The van der Waals surface area contributed by atoms with Crippen LogP contribution in [-0.2, 0) is 9.53 Å². The number of carbonyl (C=O) groups excluding carboxylic acids is 2. The SMILES string of the molecule is CCOC(=O)c1cccc(NC(=O)C(CC)Sc2n[nH]c(=O)[nH]c2=O)c1. The van der Waals surface area contributed by atoms with Gasteiger partial charge in [0.15, 0.2) is 5.03 Å². The van der Waals surface area contributed by atoms with Crippen LogP contribution in [0.25, 0.3) is 0 Å². The van der Waals surface area contributed by atoms with Gasteiger partial charge >= 0.3 is 11.7 Å². The molecule has 1 aromatic heterocycles. The first-order valence-corrected chi connectivity index (χ1v) is 8.76. The molecule has 2 rings (SSSR count). The van der Waals surface area contributed by atoms with Gasteiger partial charge in [0.05, 0.1) is 17.4 Å². The first kappa shape index (κ1) is 19.4. The average Bonchev–Trinajstić information content (AvgIpc) is 2.61. The molecule has 9 nitrogen and oxygen atoms in total. The maximum Gasteiger partial charge on any atom is 0.342 e. The van der Waals surface area contributed by atoms with Gasteiger partial charge in [0.25, 0.3) is 5.56 Å². The third-order valence-corrected chi connectivity index (χ3v) is 4.57. The number of nitrogens with one attached hydrogen (secondary N) is 3. The van der Waals surface area contributed by atoms with Crippen LogP contribution in [0.3, 0.4) is 0 Å². The Balaban J connectivity index is 2.11. The van der Waals surface area contributed by atoms with Crippen LogP contribution in [0.1, 0.15) is 30.6 Å². The minimum absolute atomic E-state index is 0.00752. The molecule has 0 spiro atoms. The molecule has 1 amide bonds. The van der Waals surface area contributed by atoms with Crippen molar-refractivity contribution in [2.24, 2.45) is 0 Å². The highest BCUT2D eigenvalue weighted by molar-refractivity contribution is 8.00. The van der Waals surface area contributed by atoms with Crippen molar-refractivity contribution in [3.05, 3.63) is 50.7 Å². The number of amides is 1. The summed E-state index contributed by atoms with van der Waals surface area (Å²) in [5.41, 5.74) is -0.617. The van der Waals surface area contributed by atoms with Crippen molar-refractivity contribution in [1.29, 1.82) is 0 Å². The zero-order valence-corrected chi connectivity index (χ0v) is 15.0. The Hall–Kier alpha value is -2.88. The topological polar surface area (TPSA) is 134 Å². The molecule has 10 heteroatoms. The summed E-state index contributed by atoms with van der Waals surface area (Å²) in [6.07, 6.45) is 0.425. The third-order valence-electron chi connectivity index (χ3n) is 3.24. The maximum atomic E-state index is 12.5. The standard InChI is InChI=1S/C16H18N4O5S/c1-3-11(26-14-13(22)18-16(24)20-19-14)12(21)17-10-7-5-6-9(8-10)15(23)25-4-2/h5-8,11H,3-4H2,1-2H3,(H,17,21)(H2,18,20,22,24). The van der Waals surface area contributed by atoms with Gasteiger partial charge in [-0.05, 0) is 31.5 Å². The van der Waals surface area contributed by atoms with E-state index in [4.69, 9.17) is 4.74 Å². The second-order valence-corrected chi connectivity index (χ2v) is 6.31. The summed E-state index contributed by atoms with van der Waals surface area (Å²) in [7, 11) is 0. The lowest BCUT2D eigenvalue weighted by Gasteiger charge is -2.14. The van der Waals surface area contributed by atoms with E-state index < -0.39 is 22.5 Å². The number of anilines is 1. The van der Waals surface area contributed by atoms with Crippen LogP contribution >= 0.6 is 11.8 Å². The molecule has 1 aromatic carbocycles. The normalized spacial score (nSPS) is 11.6. The summed E-state index contributed by atoms with van der Waals surface area (Å²) in [6, 6.07) is 6.37. The largest absolute Gasteiger partial charge is 0.462 e. The molecule has 0 aliphatic carbocycles. The predicted molar refractivity (Wildman–Crippen MR) is 96.4 cm³/mol. The van der Waals surface area contributed by atoms with E-state index in [0.29, 0.717) is 17.7 Å². The lowest BCUT2D eigenvalue weighted by molar-refractivity contribution is -0.115. The van der Waals surface area contributed by atoms with E-state index in [2.05, 4.69) is 20.5 Å². The molecule has 0 aliphatic rings. The first-order valence-electron chi connectivity index (χ1n) is 7.88. The van der Waals surface area contributed by atoms with Crippen LogP contribution in [0, 0.1) is 0 Å². The molecule has 26 heavy (non-hydrogen) atoms. The van der Waals surface area contributed by atoms with Crippen molar-refractivity contribution in [3.63, 3.8) is 0 Å². The van der Waals surface area contributed by atoms with E-state index in [-0.39, 0.29) is 17.5 Å². The van der Waals surface area contributed by atoms with Crippen molar-refractivity contribution in [2.45, 2.75) is 30.5 Å². The first-order chi connectivity index (χ1) is 12.4. The summed E-state index contributed by atoms with van der Waals surface area (Å²) < 4.78 is 4.93. The van der Waals surface area contributed by atoms with Gasteiger partial charge in [-0.1, -0.05) is 24.8 Å². The van der Waals surface area contributed by atoms with Crippen molar-refractivity contribution >= 4 is 29.3 Å². The predicted octanol–water partition coefficient (Wildman–Crippen LogP) is 1.14. The average molecular weight is 378 g/mol. The number of carbonyl (C=O) groups is 2. The van der Waals surface area contributed by atoms with Gasteiger partial charge in [-0.2, -0.15) is 5.10 Å². The van der Waals surface area contributed by atoms with Gasteiger partial charge in [-0.25, -0.2) is 14.7 Å². The number of aromatic amines is 2. The molecule has 0 saturated carbocycles. The minimum Gasteiger partial charge on any atom is -0.462 e. The Labute approximate surface area is 152 Å². The van der Waals surface area contributed by atoms with Crippen molar-refractivity contribution < 1.29 is 14.3 Å². The quantitative estimate of drug-likeness (QED) is 0.486. The van der Waals surface area contributed by atoms with Gasteiger partial charge in [0, 0.05) is 5.69 Å². The van der Waals surface area contributed by atoms with E-state index in [0.717, 1.165) is 11.8 Å². The number of H-pyrrole nitrogens is 2. The van der Waals surface area contributed by atoms with Crippen LogP contribution in [0.4, 0.5) is 5.69 Å². The lowest BCUT2D eigenvalue weighted by Crippen LogP contribution is -2.29. The number of esters is 1. The third kappa shape index (κ3) is 5.06. The van der Waals surface area contributed by atoms with Gasteiger partial charge < -0.3 is 10.1 Å². The zero-order chi connectivity index (χ0) is 19.1. The Morgan fingerprint density at radius 1 is 1.31 bits per heavy atom. The van der Waals surface area contributed by atoms with E-state index in [1.807, 2.05) is 0 Å². The van der Waals surface area contributed by atoms with Gasteiger partial charge in [-0.3, -0.25) is 14.6 Å². The molecule has 1 heterocycles. The number of hydrogen-bond acceptors (Lipinski definition) is 7. The number of benzene rings is 1. The van der Waals surface area contributed by atoms with Crippen LogP contribution in [-0.4, -0.2) is 38.9 Å². The second-order valence-electron chi connectivity index (χ2n) is 5.12. The minimum atomic E-state index is -0.715. The van der Waals surface area contributed by atoms with E-state index in [1.54, 1.807) is 32.0 Å². The number of thioether (sulfide) groups is 1. The molecule has 138 valence electrons. The van der Waals surface area contributed by atoms with Crippen LogP contribution < -0.4 is 16.6 Å². The van der Waals surface area contributed by atoms with Crippen molar-refractivity contribution in [2.75, 3.05) is 11.9 Å². The summed E-state index contributed by atoms with van der Waals surface area (Å²) in [6.45, 7) is 3.75. The fourth-order valence-corrected chi connectivity index (χ4v) is 2.89. The van der Waals surface area contributed by atoms with Crippen LogP contribution in [0.15, 0.2) is 38.9 Å². The Morgan fingerprint density at radius 3 is 2.73 bits per heavy atom. The molecular formula is C16H18N4O5S. The van der Waals surface area contributed by atoms with Crippen LogP contribution in [0.2, 0.25) is 0 Å². The summed E-state index contributed by atoms with van der Waals surface area (Å²) in [5.74, 6) is -0.833. The number of nitrogens with zero attached hydrogens (tertiary/aromatic N) is 1. The van der Waals surface area contributed by atoms with E-state index in [9.17, 15) is 19.2 Å². The molecule has 0 aliphatic heterocycles. The molecule has 0 fully saturated rings. The summed E-state index contributed by atoms with van der Waals surface area (Å²) >= 11 is 0.941. The molecule has 1 unspecified atom stereocenters. The highest BCUT2D eigenvalue weighted by Gasteiger charge is 2.21. The second kappa shape index (κ2) is 8.99. The fraction of sp³-hybridized carbons (Fsp3) is 0.312. The lowest BCUT2D eigenvalue weighted by atomic mass is 10.2. The summed E-state index contributed by atoms with van der Waals surface area (Å²) in [4.78, 5) is 49.0. The van der Waals surface area contributed by atoms with Crippen molar-refractivity contribution in [1.82, 2.24) is 15.2 Å². The Bertz CT molecular complexity index is 908. The van der Waals surface area contributed by atoms with Gasteiger partial charge in [0.1, 0.15) is 0 Å². The summed E-state index contributed by atoms with van der Waals surface area (Å²) in [5, 5.41) is 7.86. The van der Waals surface area contributed by atoms with Crippen molar-refractivity contribution in [3.8, 4) is 0 Å². The number of ether oxygens (including phenoxy) is 1. The Kier molecular flexibility index (Phi) is 6.73. The molecule has 2 aromatic rings. The fourth-order valence-electron chi connectivity index (χ4n) is 2.03. The molecule has 3 N–H and O–H groups in total. The molecular weight excluding hydrogens is 360 g/mol. The number of aromatic nitrogens is 3. The highest BCUT2D eigenvalue weighted by atomic mass is 32.2.